The van der Waals surface area contributed by atoms with Crippen LogP contribution in [-0.2, 0) is 10.0 Å². The lowest BCUT2D eigenvalue weighted by Crippen LogP contribution is -2.49. The van der Waals surface area contributed by atoms with Crippen molar-refractivity contribution in [1.82, 2.24) is 23.9 Å². The van der Waals surface area contributed by atoms with E-state index in [-0.39, 0.29) is 6.04 Å². The van der Waals surface area contributed by atoms with Gasteiger partial charge in [-0.05, 0) is 25.8 Å². The van der Waals surface area contributed by atoms with Crippen molar-refractivity contribution in [2.75, 3.05) is 31.4 Å². The Morgan fingerprint density at radius 1 is 1.37 bits per heavy atom. The quantitative estimate of drug-likeness (QED) is 0.685. The molecule has 146 valence electrons. The number of hydrogen-bond acceptors (Lipinski definition) is 6. The Balaban J connectivity index is 1.73. The SMILES string of the molecule is C[C@@H](O)c1nc2cnc3[nH]ccc3c2n1N1CCC(N(C)S(C)(=O)=O)CC1. The molecule has 1 aliphatic heterocycles. The van der Waals surface area contributed by atoms with E-state index in [0.29, 0.717) is 31.8 Å². The van der Waals surface area contributed by atoms with Gasteiger partial charge in [-0.25, -0.2) is 27.4 Å². The van der Waals surface area contributed by atoms with Gasteiger partial charge < -0.3 is 15.1 Å². The fraction of sp³-hybridized carbons (Fsp3) is 0.529. The molecule has 10 heteroatoms. The van der Waals surface area contributed by atoms with Crippen molar-refractivity contribution in [3.05, 3.63) is 24.3 Å². The van der Waals surface area contributed by atoms with E-state index in [9.17, 15) is 13.5 Å². The predicted molar refractivity (Wildman–Crippen MR) is 104 cm³/mol. The van der Waals surface area contributed by atoms with Crippen LogP contribution in [0.3, 0.4) is 0 Å². The summed E-state index contributed by atoms with van der Waals surface area (Å²) < 4.78 is 27.1. The second-order valence-electron chi connectivity index (χ2n) is 7.15. The largest absolute Gasteiger partial charge is 0.385 e. The van der Waals surface area contributed by atoms with Gasteiger partial charge in [0.1, 0.15) is 22.8 Å². The number of piperidine rings is 1. The Kier molecular flexibility index (Phi) is 4.36. The molecule has 0 aliphatic carbocycles. The number of sulfonamides is 1. The molecule has 0 saturated carbocycles. The standard InChI is InChI=1S/C17H24N6O3S/c1-11(24)17-20-14-10-19-16-13(4-7-18-16)15(14)23(17)22-8-5-12(6-9-22)21(2)27(3,25)26/h4,7,10-12,24H,5-6,8-9H2,1-3H3,(H,18,19)/t11-/m1/s1. The minimum absolute atomic E-state index is 0.0185. The number of aliphatic hydroxyl groups is 1. The van der Waals surface area contributed by atoms with Crippen LogP contribution in [0, 0.1) is 0 Å². The van der Waals surface area contributed by atoms with E-state index in [1.54, 1.807) is 20.2 Å². The van der Waals surface area contributed by atoms with Crippen LogP contribution in [0.1, 0.15) is 31.7 Å². The van der Waals surface area contributed by atoms with E-state index in [1.807, 2.05) is 16.9 Å². The molecule has 0 bridgehead atoms. The fourth-order valence-electron chi connectivity index (χ4n) is 3.82. The monoisotopic (exact) mass is 392 g/mol. The van der Waals surface area contributed by atoms with Crippen molar-refractivity contribution in [1.29, 1.82) is 0 Å². The first-order valence-corrected chi connectivity index (χ1v) is 10.8. The summed E-state index contributed by atoms with van der Waals surface area (Å²) in [6.45, 7) is 3.04. The van der Waals surface area contributed by atoms with Crippen LogP contribution < -0.4 is 5.01 Å². The highest BCUT2D eigenvalue weighted by molar-refractivity contribution is 7.88. The molecule has 2 N–H and O–H groups in total. The predicted octanol–water partition coefficient (Wildman–Crippen LogP) is 0.958. The third-order valence-electron chi connectivity index (χ3n) is 5.34. The molecule has 4 rings (SSSR count). The molecule has 27 heavy (non-hydrogen) atoms. The molecule has 1 fully saturated rings. The minimum Gasteiger partial charge on any atom is -0.385 e. The Morgan fingerprint density at radius 2 is 2.07 bits per heavy atom. The van der Waals surface area contributed by atoms with Crippen molar-refractivity contribution in [2.24, 2.45) is 0 Å². The van der Waals surface area contributed by atoms with Crippen LogP contribution in [0.2, 0.25) is 0 Å². The smallest absolute Gasteiger partial charge is 0.211 e. The number of fused-ring (bicyclic) bond motifs is 3. The fourth-order valence-corrected chi connectivity index (χ4v) is 4.57. The van der Waals surface area contributed by atoms with Crippen molar-refractivity contribution in [3.63, 3.8) is 0 Å². The summed E-state index contributed by atoms with van der Waals surface area (Å²) in [5.41, 5.74) is 2.41. The lowest BCUT2D eigenvalue weighted by molar-refractivity contribution is 0.182. The zero-order valence-electron chi connectivity index (χ0n) is 15.6. The average molecular weight is 392 g/mol. The second kappa shape index (κ2) is 6.47. The number of nitrogens with one attached hydrogen (secondary N) is 1. The van der Waals surface area contributed by atoms with E-state index < -0.39 is 16.1 Å². The highest BCUT2D eigenvalue weighted by Crippen LogP contribution is 2.28. The minimum atomic E-state index is -3.21. The van der Waals surface area contributed by atoms with E-state index in [1.165, 1.54) is 10.6 Å². The number of aromatic amines is 1. The lowest BCUT2D eigenvalue weighted by atomic mass is 10.1. The summed E-state index contributed by atoms with van der Waals surface area (Å²) in [4.78, 5) is 12.1. The molecule has 1 aliphatic rings. The first-order chi connectivity index (χ1) is 12.8. The second-order valence-corrected chi connectivity index (χ2v) is 9.20. The van der Waals surface area contributed by atoms with E-state index in [4.69, 9.17) is 0 Å². The topological polar surface area (TPSA) is 107 Å². The van der Waals surface area contributed by atoms with Gasteiger partial charge in [-0.15, -0.1) is 0 Å². The van der Waals surface area contributed by atoms with Crippen molar-refractivity contribution in [3.8, 4) is 0 Å². The van der Waals surface area contributed by atoms with Crippen molar-refractivity contribution < 1.29 is 13.5 Å². The van der Waals surface area contributed by atoms with Gasteiger partial charge in [-0.3, -0.25) is 0 Å². The summed E-state index contributed by atoms with van der Waals surface area (Å²) in [5, 5.41) is 13.4. The van der Waals surface area contributed by atoms with Crippen LogP contribution in [-0.4, -0.2) is 69.9 Å². The molecular formula is C17H24N6O3S. The Labute approximate surface area is 157 Å². The molecule has 4 heterocycles. The normalized spacial score (nSPS) is 18.0. The Bertz CT molecular complexity index is 1080. The maximum absolute atomic E-state index is 11.8. The van der Waals surface area contributed by atoms with E-state index >= 15 is 0 Å². The molecule has 0 radical (unpaired) electrons. The van der Waals surface area contributed by atoms with Crippen LogP contribution in [0.25, 0.3) is 22.1 Å². The first-order valence-electron chi connectivity index (χ1n) is 8.98. The van der Waals surface area contributed by atoms with Crippen molar-refractivity contribution >= 4 is 32.1 Å². The summed E-state index contributed by atoms with van der Waals surface area (Å²) in [7, 11) is -1.57. The average Bonchev–Trinajstić information content (AvgIpc) is 3.24. The van der Waals surface area contributed by atoms with Gasteiger partial charge >= 0.3 is 0 Å². The number of aliphatic hydroxyl groups excluding tert-OH is 1. The van der Waals surface area contributed by atoms with Crippen LogP contribution >= 0.6 is 0 Å². The van der Waals surface area contributed by atoms with Gasteiger partial charge in [0.2, 0.25) is 10.0 Å². The molecule has 1 saturated heterocycles. The van der Waals surface area contributed by atoms with Gasteiger partial charge in [-0.1, -0.05) is 0 Å². The molecule has 1 atom stereocenters. The van der Waals surface area contributed by atoms with Gasteiger partial charge in [0.05, 0.1) is 12.5 Å². The Hall–Kier alpha value is -2.17. The maximum Gasteiger partial charge on any atom is 0.211 e. The van der Waals surface area contributed by atoms with Crippen LogP contribution in [0.15, 0.2) is 18.5 Å². The molecule has 0 aromatic carbocycles. The Morgan fingerprint density at radius 3 is 2.70 bits per heavy atom. The molecule has 0 amide bonds. The number of hydrogen-bond donors (Lipinski definition) is 2. The number of H-pyrrole nitrogens is 1. The summed E-state index contributed by atoms with van der Waals surface area (Å²) in [6, 6.07) is 1.94. The molecule has 9 nitrogen and oxygen atoms in total. The van der Waals surface area contributed by atoms with Crippen LogP contribution in [0.4, 0.5) is 0 Å². The number of nitrogens with zero attached hydrogens (tertiary/aromatic N) is 5. The van der Waals surface area contributed by atoms with E-state index in [2.05, 4.69) is 20.0 Å². The van der Waals surface area contributed by atoms with Gasteiger partial charge in [0.15, 0.2) is 5.82 Å². The van der Waals surface area contributed by atoms with Crippen LogP contribution in [0.5, 0.6) is 0 Å². The zero-order chi connectivity index (χ0) is 19.3. The summed E-state index contributed by atoms with van der Waals surface area (Å²) >= 11 is 0. The molecule has 0 unspecified atom stereocenters. The number of imidazole rings is 1. The molecule has 3 aromatic rings. The molecule has 0 spiro atoms. The van der Waals surface area contributed by atoms with Gasteiger partial charge in [0.25, 0.3) is 0 Å². The number of pyridine rings is 1. The highest BCUT2D eigenvalue weighted by Gasteiger charge is 2.30. The van der Waals surface area contributed by atoms with Gasteiger partial charge in [0, 0.05) is 37.8 Å². The molecular weight excluding hydrogens is 368 g/mol. The van der Waals surface area contributed by atoms with E-state index in [0.717, 1.165) is 22.1 Å². The lowest BCUT2D eigenvalue weighted by Gasteiger charge is -2.38. The maximum atomic E-state index is 11.8. The number of rotatable bonds is 4. The van der Waals surface area contributed by atoms with Crippen molar-refractivity contribution in [2.45, 2.75) is 31.9 Å². The third kappa shape index (κ3) is 3.07. The highest BCUT2D eigenvalue weighted by atomic mass is 32.2. The first kappa shape index (κ1) is 18.2. The zero-order valence-corrected chi connectivity index (χ0v) is 16.4. The summed E-state index contributed by atoms with van der Waals surface area (Å²) in [5.74, 6) is 0.565. The van der Waals surface area contributed by atoms with Gasteiger partial charge in [-0.2, -0.15) is 0 Å². The number of aromatic nitrogens is 4. The third-order valence-corrected chi connectivity index (χ3v) is 6.68. The summed E-state index contributed by atoms with van der Waals surface area (Å²) in [6.07, 6.45) is 5.48. The molecule has 3 aromatic heterocycles.